The largest absolute Gasteiger partial charge is 0.312 e. The summed E-state index contributed by atoms with van der Waals surface area (Å²) in [7, 11) is -0.201. The third-order valence-electron chi connectivity index (χ3n) is 2.37. The van der Waals surface area contributed by atoms with Crippen LogP contribution in [0.2, 0.25) is 0 Å². The molecule has 1 aromatic carbocycles. The smallest absolute Gasteiger partial charge is 0.214 e. The van der Waals surface area contributed by atoms with Crippen molar-refractivity contribution in [2.75, 3.05) is 26.4 Å². The fourth-order valence-electron chi connectivity index (χ4n) is 1.25. The lowest BCUT2D eigenvalue weighted by Gasteiger charge is -2.11. The molecule has 0 saturated heterocycles. The molecule has 17 heavy (non-hydrogen) atoms. The number of nitrogens with zero attached hydrogens (tertiary/aromatic N) is 1. The monoisotopic (exact) mass is 260 g/mol. The Hall–Kier alpha value is -0.980. The number of hydrogen-bond acceptors (Lipinski definition) is 3. The van der Waals surface area contributed by atoms with Crippen molar-refractivity contribution in [3.05, 3.63) is 35.6 Å². The Morgan fingerprint density at radius 3 is 2.53 bits per heavy atom. The van der Waals surface area contributed by atoms with Gasteiger partial charge in [0.2, 0.25) is 10.0 Å². The highest BCUT2D eigenvalue weighted by Gasteiger charge is 2.12. The summed E-state index contributed by atoms with van der Waals surface area (Å²) in [6.45, 7) is 0.629. The first-order valence-electron chi connectivity index (χ1n) is 5.28. The Morgan fingerprint density at radius 1 is 1.29 bits per heavy atom. The third kappa shape index (κ3) is 4.41. The van der Waals surface area contributed by atoms with E-state index >= 15 is 0 Å². The highest BCUT2D eigenvalue weighted by Crippen LogP contribution is 2.05. The van der Waals surface area contributed by atoms with E-state index < -0.39 is 10.0 Å². The van der Waals surface area contributed by atoms with Gasteiger partial charge in [-0.2, -0.15) is 0 Å². The van der Waals surface area contributed by atoms with Crippen LogP contribution in [0.25, 0.3) is 0 Å². The van der Waals surface area contributed by atoms with Gasteiger partial charge in [-0.25, -0.2) is 17.1 Å². The maximum Gasteiger partial charge on any atom is 0.214 e. The summed E-state index contributed by atoms with van der Waals surface area (Å²) in [5, 5.41) is 2.91. The van der Waals surface area contributed by atoms with E-state index in [9.17, 15) is 12.8 Å². The van der Waals surface area contributed by atoms with E-state index in [0.717, 1.165) is 0 Å². The molecule has 0 fully saturated rings. The van der Waals surface area contributed by atoms with E-state index in [1.807, 2.05) is 0 Å². The lowest BCUT2D eigenvalue weighted by Crippen LogP contribution is -2.31. The molecule has 0 radical (unpaired) electrons. The second-order valence-electron chi connectivity index (χ2n) is 3.87. The maximum atomic E-state index is 13.2. The van der Waals surface area contributed by atoms with Gasteiger partial charge in [-0.1, -0.05) is 18.2 Å². The molecule has 1 aromatic rings. The number of halogens is 1. The molecule has 0 unspecified atom stereocenters. The van der Waals surface area contributed by atoms with Crippen molar-refractivity contribution in [2.24, 2.45) is 0 Å². The van der Waals surface area contributed by atoms with Gasteiger partial charge in [-0.05, 0) is 6.07 Å². The molecule has 1 N–H and O–H groups in total. The van der Waals surface area contributed by atoms with E-state index in [4.69, 9.17) is 0 Å². The van der Waals surface area contributed by atoms with Crippen molar-refractivity contribution < 1.29 is 12.8 Å². The van der Waals surface area contributed by atoms with Gasteiger partial charge in [-0.3, -0.25) is 0 Å². The Kier molecular flexibility index (Phi) is 5.04. The quantitative estimate of drug-likeness (QED) is 0.770. The highest BCUT2D eigenvalue weighted by atomic mass is 32.2. The van der Waals surface area contributed by atoms with Gasteiger partial charge in [0.05, 0.1) is 5.75 Å². The van der Waals surface area contributed by atoms with Crippen LogP contribution in [0.1, 0.15) is 5.56 Å². The summed E-state index contributed by atoms with van der Waals surface area (Å²) in [5.74, 6) is -0.274. The summed E-state index contributed by atoms with van der Waals surface area (Å²) in [6, 6.07) is 6.42. The van der Waals surface area contributed by atoms with Crippen LogP contribution in [0.5, 0.6) is 0 Å². The van der Waals surface area contributed by atoms with Gasteiger partial charge in [0, 0.05) is 32.7 Å². The van der Waals surface area contributed by atoms with Crippen LogP contribution in [0.15, 0.2) is 24.3 Å². The maximum absolute atomic E-state index is 13.2. The summed E-state index contributed by atoms with van der Waals surface area (Å²) in [5.41, 5.74) is 0.537. The molecule has 0 spiro atoms. The molecule has 4 nitrogen and oxygen atoms in total. The van der Waals surface area contributed by atoms with Crippen LogP contribution in [0, 0.1) is 5.82 Å². The SMILES string of the molecule is CN(C)S(=O)(=O)CCNCc1ccccc1F. The molecule has 6 heteroatoms. The highest BCUT2D eigenvalue weighted by molar-refractivity contribution is 7.89. The second kappa shape index (κ2) is 6.09. The van der Waals surface area contributed by atoms with E-state index in [1.54, 1.807) is 18.2 Å². The summed E-state index contributed by atoms with van der Waals surface area (Å²) in [4.78, 5) is 0. The minimum absolute atomic E-state index is 0.00839. The Labute approximate surface area is 101 Å². The van der Waals surface area contributed by atoms with Crippen LogP contribution in [-0.4, -0.2) is 39.1 Å². The predicted octanol–water partition coefficient (Wildman–Crippen LogP) is 0.807. The van der Waals surface area contributed by atoms with Crippen molar-refractivity contribution in [1.29, 1.82) is 0 Å². The van der Waals surface area contributed by atoms with Crippen molar-refractivity contribution >= 4 is 10.0 Å². The molecule has 0 saturated carbocycles. The number of benzene rings is 1. The second-order valence-corrected chi connectivity index (χ2v) is 6.17. The molecule has 0 heterocycles. The van der Waals surface area contributed by atoms with Crippen LogP contribution < -0.4 is 5.32 Å². The fraction of sp³-hybridized carbons (Fsp3) is 0.455. The number of hydrogen-bond donors (Lipinski definition) is 1. The number of sulfonamides is 1. The normalized spacial score (nSPS) is 12.0. The van der Waals surface area contributed by atoms with Gasteiger partial charge in [0.15, 0.2) is 0 Å². The van der Waals surface area contributed by atoms with Crippen molar-refractivity contribution in [1.82, 2.24) is 9.62 Å². The van der Waals surface area contributed by atoms with Crippen LogP contribution in [-0.2, 0) is 16.6 Å². The van der Waals surface area contributed by atoms with Gasteiger partial charge in [-0.15, -0.1) is 0 Å². The first-order chi connectivity index (χ1) is 7.93. The average Bonchev–Trinajstić information content (AvgIpc) is 2.26. The average molecular weight is 260 g/mol. The molecule has 0 aliphatic heterocycles. The minimum Gasteiger partial charge on any atom is -0.312 e. The van der Waals surface area contributed by atoms with E-state index in [2.05, 4.69) is 5.32 Å². The van der Waals surface area contributed by atoms with Gasteiger partial charge in [0.1, 0.15) is 5.82 Å². The van der Waals surface area contributed by atoms with E-state index in [1.165, 1.54) is 24.5 Å². The summed E-state index contributed by atoms with van der Waals surface area (Å²) < 4.78 is 37.2. The molecular weight excluding hydrogens is 243 g/mol. The predicted molar refractivity (Wildman–Crippen MR) is 65.6 cm³/mol. The molecule has 0 aliphatic carbocycles. The molecule has 96 valence electrons. The first-order valence-corrected chi connectivity index (χ1v) is 6.89. The zero-order chi connectivity index (χ0) is 12.9. The number of rotatable bonds is 6. The zero-order valence-corrected chi connectivity index (χ0v) is 10.8. The molecule has 1 rings (SSSR count). The van der Waals surface area contributed by atoms with E-state index in [0.29, 0.717) is 18.7 Å². The lowest BCUT2D eigenvalue weighted by atomic mass is 10.2. The van der Waals surface area contributed by atoms with Crippen molar-refractivity contribution in [3.63, 3.8) is 0 Å². The van der Waals surface area contributed by atoms with Crippen molar-refractivity contribution in [2.45, 2.75) is 6.54 Å². The molecule has 0 aliphatic rings. The molecule has 0 bridgehead atoms. The molecule has 0 amide bonds. The fourth-order valence-corrected chi connectivity index (χ4v) is 2.02. The zero-order valence-electron chi connectivity index (χ0n) is 9.98. The minimum atomic E-state index is -3.19. The summed E-state index contributed by atoms with van der Waals surface area (Å²) in [6.07, 6.45) is 0. The molecular formula is C11H17FN2O2S. The van der Waals surface area contributed by atoms with Crippen molar-refractivity contribution in [3.8, 4) is 0 Å². The van der Waals surface area contributed by atoms with E-state index in [-0.39, 0.29) is 11.6 Å². The number of nitrogens with one attached hydrogen (secondary N) is 1. The van der Waals surface area contributed by atoms with Crippen LogP contribution in [0.3, 0.4) is 0 Å². The third-order valence-corrected chi connectivity index (χ3v) is 4.20. The van der Waals surface area contributed by atoms with Gasteiger partial charge < -0.3 is 5.32 Å². The molecule has 0 atom stereocenters. The first kappa shape index (κ1) is 14.1. The van der Waals surface area contributed by atoms with Gasteiger partial charge in [0.25, 0.3) is 0 Å². The lowest BCUT2D eigenvalue weighted by molar-refractivity contribution is 0.516. The van der Waals surface area contributed by atoms with Crippen LogP contribution >= 0.6 is 0 Å². The standard InChI is InChI=1S/C11H17FN2O2S/c1-14(2)17(15,16)8-7-13-9-10-5-3-4-6-11(10)12/h3-6,13H,7-9H2,1-2H3. The Bertz CT molecular complexity index is 460. The summed E-state index contributed by atoms with van der Waals surface area (Å²) >= 11 is 0. The molecule has 0 aromatic heterocycles. The Balaban J connectivity index is 2.38. The van der Waals surface area contributed by atoms with Crippen LogP contribution in [0.4, 0.5) is 4.39 Å². The Morgan fingerprint density at radius 2 is 1.94 bits per heavy atom. The topological polar surface area (TPSA) is 49.4 Å². The van der Waals surface area contributed by atoms with Gasteiger partial charge >= 0.3 is 0 Å².